The van der Waals surface area contributed by atoms with Crippen LogP contribution in [0.1, 0.15) is 23.3 Å². The van der Waals surface area contributed by atoms with Crippen molar-refractivity contribution >= 4 is 11.0 Å². The second-order valence-electron chi connectivity index (χ2n) is 10.1. The lowest BCUT2D eigenvalue weighted by Crippen LogP contribution is -2.55. The van der Waals surface area contributed by atoms with E-state index in [1.807, 2.05) is 0 Å². The molecule has 2 aliphatic rings. The van der Waals surface area contributed by atoms with E-state index in [-0.39, 0.29) is 22.8 Å². The third-order valence-electron chi connectivity index (χ3n) is 7.62. The Hall–Kier alpha value is -3.51. The van der Waals surface area contributed by atoms with Crippen LogP contribution in [0.5, 0.6) is 23.0 Å². The maximum atomic E-state index is 13.5. The topological polar surface area (TPSA) is 260 Å². The van der Waals surface area contributed by atoms with E-state index in [1.165, 1.54) is 25.3 Å². The summed E-state index contributed by atoms with van der Waals surface area (Å²) in [5, 5.41) is 104. The Labute approximate surface area is 236 Å². The highest BCUT2D eigenvalue weighted by Crippen LogP contribution is 2.50. The molecule has 0 unspecified atom stereocenters. The van der Waals surface area contributed by atoms with E-state index in [0.717, 1.165) is 6.07 Å². The Morgan fingerprint density at radius 1 is 0.857 bits per heavy atom. The molecule has 9 atom stereocenters. The molecule has 42 heavy (non-hydrogen) atoms. The minimum atomic E-state index is -2.00. The van der Waals surface area contributed by atoms with Crippen LogP contribution in [0.2, 0.25) is 0 Å². The molecule has 3 heterocycles. The van der Waals surface area contributed by atoms with Gasteiger partial charge in [0.1, 0.15) is 77.6 Å². The quantitative estimate of drug-likeness (QED) is 0.157. The normalized spacial score (nSPS) is 31.8. The Morgan fingerprint density at radius 3 is 2.19 bits per heavy atom. The summed E-state index contributed by atoms with van der Waals surface area (Å²) < 4.78 is 22.0. The summed E-state index contributed by atoms with van der Waals surface area (Å²) in [7, 11) is 1.33. The van der Waals surface area contributed by atoms with Gasteiger partial charge in [0.15, 0.2) is 22.5 Å². The molecule has 0 saturated carbocycles. The Bertz CT molecular complexity index is 1530. The predicted octanol–water partition coefficient (Wildman–Crippen LogP) is -1.75. The summed E-state index contributed by atoms with van der Waals surface area (Å²) in [6.07, 6.45) is -15.9. The number of aromatic hydroxyl groups is 3. The van der Waals surface area contributed by atoms with Crippen LogP contribution in [0.4, 0.5) is 0 Å². The molecule has 2 fully saturated rings. The number of benzene rings is 2. The number of fused-ring (bicyclic) bond motifs is 1. The maximum Gasteiger partial charge on any atom is 0.197 e. The van der Waals surface area contributed by atoms with E-state index in [4.69, 9.17) is 18.6 Å². The second kappa shape index (κ2) is 11.3. The van der Waals surface area contributed by atoms with Crippen molar-refractivity contribution in [1.29, 1.82) is 0 Å². The number of hydrogen-bond donors (Lipinski definition) is 10. The fraction of sp³-hybridized carbons (Fsp3) is 0.444. The molecule has 10 N–H and O–H groups in total. The van der Waals surface area contributed by atoms with Crippen LogP contribution in [0, 0.1) is 0 Å². The van der Waals surface area contributed by atoms with Crippen LogP contribution < -0.4 is 10.2 Å². The molecule has 0 bridgehead atoms. The average molecular weight is 595 g/mol. The number of rotatable bonds is 5. The van der Waals surface area contributed by atoms with Crippen molar-refractivity contribution in [2.75, 3.05) is 20.3 Å². The van der Waals surface area contributed by atoms with Crippen LogP contribution in [0.25, 0.3) is 22.3 Å². The molecule has 228 valence electrons. The van der Waals surface area contributed by atoms with Gasteiger partial charge >= 0.3 is 0 Å². The number of methoxy groups -OCH3 is 1. The molecule has 3 aromatic rings. The number of hydrogen-bond acceptors (Lipinski definition) is 15. The molecule has 0 spiro atoms. The lowest BCUT2D eigenvalue weighted by Gasteiger charge is -2.41. The first kappa shape index (κ1) is 30.0. The molecule has 2 saturated heterocycles. The first-order chi connectivity index (χ1) is 19.9. The molecule has 15 nitrogen and oxygen atoms in total. The van der Waals surface area contributed by atoms with Crippen molar-refractivity contribution in [3.8, 4) is 34.3 Å². The van der Waals surface area contributed by atoms with Crippen LogP contribution >= 0.6 is 0 Å². The van der Waals surface area contributed by atoms with E-state index in [2.05, 4.69) is 0 Å². The minimum Gasteiger partial charge on any atom is -0.507 e. The Kier molecular flexibility index (Phi) is 8.06. The lowest BCUT2D eigenvalue weighted by molar-refractivity contribution is -0.232. The van der Waals surface area contributed by atoms with Gasteiger partial charge in [-0.05, 0) is 18.2 Å². The molecule has 1 aromatic heterocycles. The van der Waals surface area contributed by atoms with Crippen molar-refractivity contribution in [2.45, 2.75) is 54.9 Å². The predicted molar refractivity (Wildman–Crippen MR) is 139 cm³/mol. The van der Waals surface area contributed by atoms with Crippen molar-refractivity contribution in [3.05, 3.63) is 45.6 Å². The number of ether oxygens (including phenoxy) is 3. The van der Waals surface area contributed by atoms with Gasteiger partial charge in [0.05, 0.1) is 31.5 Å². The summed E-state index contributed by atoms with van der Waals surface area (Å²) in [6, 6.07) is 5.00. The van der Waals surface area contributed by atoms with Crippen molar-refractivity contribution in [2.24, 2.45) is 0 Å². The van der Waals surface area contributed by atoms with Gasteiger partial charge in [-0.25, -0.2) is 0 Å². The molecular formula is C27H30O15. The third kappa shape index (κ3) is 4.74. The molecular weight excluding hydrogens is 564 g/mol. The monoisotopic (exact) mass is 594 g/mol. The maximum absolute atomic E-state index is 13.5. The van der Waals surface area contributed by atoms with Gasteiger partial charge in [0.25, 0.3) is 0 Å². The highest BCUT2D eigenvalue weighted by atomic mass is 16.5. The van der Waals surface area contributed by atoms with Crippen molar-refractivity contribution < 1.29 is 69.7 Å². The highest BCUT2D eigenvalue weighted by Gasteiger charge is 2.48. The van der Waals surface area contributed by atoms with E-state index >= 15 is 0 Å². The minimum absolute atomic E-state index is 0.119. The summed E-state index contributed by atoms with van der Waals surface area (Å²) in [6.45, 7) is -1.37. The number of aliphatic hydroxyl groups excluding tert-OH is 7. The molecule has 0 aliphatic carbocycles. The smallest absolute Gasteiger partial charge is 0.197 e. The van der Waals surface area contributed by atoms with E-state index < -0.39 is 107 Å². The van der Waals surface area contributed by atoms with Crippen molar-refractivity contribution in [1.82, 2.24) is 0 Å². The number of aliphatic hydroxyl groups is 7. The first-order valence-corrected chi connectivity index (χ1v) is 12.8. The van der Waals surface area contributed by atoms with Crippen LogP contribution in [-0.2, 0) is 9.47 Å². The zero-order valence-corrected chi connectivity index (χ0v) is 21.9. The summed E-state index contributed by atoms with van der Waals surface area (Å²) in [5.41, 5.74) is -2.44. The largest absolute Gasteiger partial charge is 0.507 e. The van der Waals surface area contributed by atoms with Crippen LogP contribution in [0.15, 0.2) is 33.5 Å². The molecule has 2 aromatic carbocycles. The van der Waals surface area contributed by atoms with Gasteiger partial charge in [-0.3, -0.25) is 4.79 Å². The SMILES string of the molecule is COc1ccc(-c2cc(=O)c3c(O)c([C@@H]4O[C@H](CO)[C@@H](O)[C@H](O)[C@H]4O)c(O)c([C@@H]4OC[C@@H](O)[C@H](O)[C@H]4O)c3o2)cc1O. The third-order valence-corrected chi connectivity index (χ3v) is 7.62. The molecule has 15 heteroatoms. The summed E-state index contributed by atoms with van der Waals surface area (Å²) in [5.74, 6) is -2.26. The number of phenols is 3. The summed E-state index contributed by atoms with van der Waals surface area (Å²) >= 11 is 0. The average Bonchev–Trinajstić information content (AvgIpc) is 2.96. The second-order valence-corrected chi connectivity index (χ2v) is 10.1. The first-order valence-electron chi connectivity index (χ1n) is 12.8. The van der Waals surface area contributed by atoms with Gasteiger partial charge in [-0.1, -0.05) is 0 Å². The molecule has 5 rings (SSSR count). The van der Waals surface area contributed by atoms with E-state index in [1.54, 1.807) is 0 Å². The fourth-order valence-corrected chi connectivity index (χ4v) is 5.33. The van der Waals surface area contributed by atoms with E-state index in [9.17, 15) is 55.9 Å². The van der Waals surface area contributed by atoms with Gasteiger partial charge in [-0.2, -0.15) is 0 Å². The molecule has 2 aliphatic heterocycles. The zero-order valence-electron chi connectivity index (χ0n) is 21.9. The lowest BCUT2D eigenvalue weighted by atomic mass is 9.85. The van der Waals surface area contributed by atoms with Crippen molar-refractivity contribution in [3.63, 3.8) is 0 Å². The van der Waals surface area contributed by atoms with Gasteiger partial charge in [-0.15, -0.1) is 0 Å². The van der Waals surface area contributed by atoms with Gasteiger partial charge < -0.3 is 69.7 Å². The highest BCUT2D eigenvalue weighted by molar-refractivity contribution is 5.92. The van der Waals surface area contributed by atoms with E-state index in [0.29, 0.717) is 0 Å². The number of phenolic OH excluding ortho intramolecular Hbond substituents is 3. The zero-order chi connectivity index (χ0) is 30.6. The van der Waals surface area contributed by atoms with Gasteiger partial charge in [0, 0.05) is 11.6 Å². The van der Waals surface area contributed by atoms with Crippen LogP contribution in [0.3, 0.4) is 0 Å². The van der Waals surface area contributed by atoms with Gasteiger partial charge in [0.2, 0.25) is 0 Å². The standard InChI is InChI=1S/C27H30O15/c1-39-12-3-2-8(4-9(12)29)13-5-10(30)15-20(34)16(27-24(38)22(36)19(33)14(6-28)42-27)21(35)17(25(15)41-13)26-23(37)18(32)11(31)7-40-26/h2-5,11,14,18-19,22-24,26-29,31-38H,6-7H2,1H3/t11-,14-,18+,19-,22+,23-,24-,26+,27+/m1/s1. The summed E-state index contributed by atoms with van der Waals surface area (Å²) in [4.78, 5) is 13.5. The van der Waals surface area contributed by atoms with Crippen LogP contribution in [-0.4, -0.2) is 114 Å². The molecule has 0 radical (unpaired) electrons. The Balaban J connectivity index is 1.80. The Morgan fingerprint density at radius 2 is 1.55 bits per heavy atom. The fourth-order valence-electron chi connectivity index (χ4n) is 5.33. The molecule has 0 amide bonds.